The van der Waals surface area contributed by atoms with Gasteiger partial charge in [0, 0.05) is 19.1 Å². The summed E-state index contributed by atoms with van der Waals surface area (Å²) >= 11 is 5.73. The summed E-state index contributed by atoms with van der Waals surface area (Å²) in [4.78, 5) is 36.3. The maximum atomic E-state index is 13.0. The number of alkyl halides is 1. The highest BCUT2D eigenvalue weighted by molar-refractivity contribution is 6.17. The molecule has 1 aliphatic carbocycles. The maximum Gasteiger partial charge on any atom is 0.332 e. The molecule has 0 aromatic carbocycles. The van der Waals surface area contributed by atoms with Crippen LogP contribution in [0.25, 0.3) is 5.57 Å². The number of methoxy groups -OCH3 is 1. The van der Waals surface area contributed by atoms with Crippen molar-refractivity contribution in [2.75, 3.05) is 13.0 Å². The first-order valence-corrected chi connectivity index (χ1v) is 9.66. The first-order chi connectivity index (χ1) is 13.5. The van der Waals surface area contributed by atoms with Crippen LogP contribution in [0.2, 0.25) is 0 Å². The molecule has 1 atom stereocenters. The van der Waals surface area contributed by atoms with Crippen molar-refractivity contribution in [2.45, 2.75) is 39.0 Å². The van der Waals surface area contributed by atoms with Crippen LogP contribution in [0, 0.1) is 0 Å². The zero-order valence-electron chi connectivity index (χ0n) is 16.1. The number of ether oxygens (including phenoxy) is 1. The van der Waals surface area contributed by atoms with Gasteiger partial charge in [-0.05, 0) is 30.9 Å². The van der Waals surface area contributed by atoms with Crippen LogP contribution in [0.3, 0.4) is 0 Å². The molecule has 2 rings (SSSR count). The molecule has 0 saturated heterocycles. The van der Waals surface area contributed by atoms with Gasteiger partial charge in [0.05, 0.1) is 24.9 Å². The molecular weight excluding hydrogens is 380 g/mol. The Morgan fingerprint density at radius 2 is 2.14 bits per heavy atom. The van der Waals surface area contributed by atoms with Gasteiger partial charge in [0.25, 0.3) is 5.56 Å². The third-order valence-corrected chi connectivity index (χ3v) is 4.71. The van der Waals surface area contributed by atoms with E-state index < -0.39 is 11.2 Å². The molecular formula is C21H25ClN2O4. The number of aldehydes is 1. The molecule has 1 aliphatic rings. The zero-order chi connectivity index (χ0) is 20.5. The van der Waals surface area contributed by atoms with Crippen LogP contribution in [0.4, 0.5) is 0 Å². The van der Waals surface area contributed by atoms with Crippen molar-refractivity contribution in [3.8, 4) is 0 Å². The quantitative estimate of drug-likeness (QED) is 0.360. The summed E-state index contributed by atoms with van der Waals surface area (Å²) in [6, 6.07) is 1.40. The van der Waals surface area contributed by atoms with Gasteiger partial charge in [-0.2, -0.15) is 0 Å². The summed E-state index contributed by atoms with van der Waals surface area (Å²) in [5, 5.41) is 0. The van der Waals surface area contributed by atoms with E-state index in [1.165, 1.54) is 10.6 Å². The lowest BCUT2D eigenvalue weighted by Crippen LogP contribution is -2.41. The number of hydrogen-bond donors (Lipinski definition) is 0. The second-order valence-corrected chi connectivity index (χ2v) is 6.66. The van der Waals surface area contributed by atoms with E-state index in [0.29, 0.717) is 37.2 Å². The molecule has 28 heavy (non-hydrogen) atoms. The van der Waals surface area contributed by atoms with Crippen molar-refractivity contribution in [1.29, 1.82) is 0 Å². The normalized spacial score (nSPS) is 17.2. The number of carbonyl (C=O) groups excluding carboxylic acids is 1. The molecule has 0 bridgehead atoms. The minimum Gasteiger partial charge on any atom is -0.377 e. The van der Waals surface area contributed by atoms with Crippen LogP contribution in [0.15, 0.2) is 57.7 Å². The summed E-state index contributed by atoms with van der Waals surface area (Å²) in [5.74, 6) is 0.486. The summed E-state index contributed by atoms with van der Waals surface area (Å²) in [6.45, 7) is 1.86. The van der Waals surface area contributed by atoms with E-state index in [0.717, 1.165) is 15.7 Å². The molecule has 150 valence electrons. The van der Waals surface area contributed by atoms with Crippen molar-refractivity contribution in [1.82, 2.24) is 9.13 Å². The van der Waals surface area contributed by atoms with Gasteiger partial charge in [0.2, 0.25) is 0 Å². The van der Waals surface area contributed by atoms with Crippen molar-refractivity contribution < 1.29 is 9.53 Å². The maximum absolute atomic E-state index is 13.0. The lowest BCUT2D eigenvalue weighted by molar-refractivity contribution is -0.108. The molecule has 0 N–H and O–H groups in total. The Labute approximate surface area is 169 Å². The van der Waals surface area contributed by atoms with E-state index in [4.69, 9.17) is 16.3 Å². The smallest absolute Gasteiger partial charge is 0.332 e. The molecule has 0 aliphatic heterocycles. The van der Waals surface area contributed by atoms with Crippen LogP contribution >= 0.6 is 11.6 Å². The van der Waals surface area contributed by atoms with E-state index in [1.54, 1.807) is 7.11 Å². The van der Waals surface area contributed by atoms with Crippen molar-refractivity contribution in [2.24, 2.45) is 0 Å². The van der Waals surface area contributed by atoms with Gasteiger partial charge in [-0.1, -0.05) is 36.5 Å². The number of nitrogens with zero attached hydrogens (tertiary/aromatic N) is 2. The number of aromatic nitrogens is 2. The van der Waals surface area contributed by atoms with E-state index >= 15 is 0 Å². The second-order valence-electron chi connectivity index (χ2n) is 6.29. The molecule has 0 radical (unpaired) electrons. The monoisotopic (exact) mass is 404 g/mol. The Hall–Kier alpha value is -2.44. The fourth-order valence-corrected chi connectivity index (χ4v) is 3.10. The highest BCUT2D eigenvalue weighted by atomic mass is 35.5. The third-order valence-electron chi connectivity index (χ3n) is 4.50. The molecule has 7 heteroatoms. The van der Waals surface area contributed by atoms with Gasteiger partial charge >= 0.3 is 5.69 Å². The molecule has 0 saturated carbocycles. The van der Waals surface area contributed by atoms with Gasteiger partial charge in [-0.3, -0.25) is 13.9 Å². The largest absolute Gasteiger partial charge is 0.377 e. The second kappa shape index (κ2) is 10.8. The van der Waals surface area contributed by atoms with Crippen molar-refractivity contribution in [3.05, 3.63) is 74.6 Å². The molecule has 0 amide bonds. The Balaban J connectivity index is 2.54. The lowest BCUT2D eigenvalue weighted by atomic mass is 10.0. The fraction of sp³-hybridized carbons (Fsp3) is 0.381. The number of halogens is 1. The zero-order valence-corrected chi connectivity index (χ0v) is 16.9. The Bertz CT molecular complexity index is 935. The Kier molecular flexibility index (Phi) is 8.42. The van der Waals surface area contributed by atoms with E-state index in [1.807, 2.05) is 43.4 Å². The predicted molar refractivity (Wildman–Crippen MR) is 112 cm³/mol. The number of carbonyl (C=O) groups is 1. The third kappa shape index (κ3) is 5.30. The molecule has 0 unspecified atom stereocenters. The van der Waals surface area contributed by atoms with Crippen LogP contribution in [0.1, 0.15) is 25.5 Å². The summed E-state index contributed by atoms with van der Waals surface area (Å²) in [6.07, 6.45) is 13.4. The standard InChI is InChI=1S/C21H25ClN2O4/c1-3-17(6-4-5-11-22)19-14-20(26)23(12-13-25)21(27)24(19)15-16-7-9-18(28-2)10-8-16/h3-4,6-9,13-14,18H,5,10-12,15H2,1-2H3/b6-4-,17-3+/t18-/m1/s1. The Morgan fingerprint density at radius 1 is 1.36 bits per heavy atom. The van der Waals surface area contributed by atoms with Crippen LogP contribution < -0.4 is 11.2 Å². The van der Waals surface area contributed by atoms with E-state index in [2.05, 4.69) is 0 Å². The highest BCUT2D eigenvalue weighted by Crippen LogP contribution is 2.18. The number of rotatable bonds is 9. The van der Waals surface area contributed by atoms with Gasteiger partial charge in [-0.15, -0.1) is 11.6 Å². The van der Waals surface area contributed by atoms with Crippen molar-refractivity contribution >= 4 is 23.5 Å². The molecule has 1 aromatic rings. The number of allylic oxidation sites excluding steroid dienone is 6. The number of hydrogen-bond acceptors (Lipinski definition) is 4. The van der Waals surface area contributed by atoms with E-state index in [-0.39, 0.29) is 12.6 Å². The van der Waals surface area contributed by atoms with Gasteiger partial charge in [-0.25, -0.2) is 4.79 Å². The topological polar surface area (TPSA) is 70.3 Å². The molecule has 1 aromatic heterocycles. The lowest BCUT2D eigenvalue weighted by Gasteiger charge is -2.19. The van der Waals surface area contributed by atoms with Crippen LogP contribution in [-0.4, -0.2) is 34.5 Å². The average Bonchev–Trinajstić information content (AvgIpc) is 2.71. The van der Waals surface area contributed by atoms with Gasteiger partial charge in [0.1, 0.15) is 6.29 Å². The highest BCUT2D eigenvalue weighted by Gasteiger charge is 2.15. The minimum absolute atomic E-state index is 0.0218. The molecule has 1 heterocycles. The summed E-state index contributed by atoms with van der Waals surface area (Å²) in [7, 11) is 1.65. The molecule has 0 fully saturated rings. The molecule has 6 nitrogen and oxygen atoms in total. The first-order valence-electron chi connectivity index (χ1n) is 9.13. The van der Waals surface area contributed by atoms with Crippen LogP contribution in [-0.2, 0) is 22.6 Å². The summed E-state index contributed by atoms with van der Waals surface area (Å²) in [5.41, 5.74) is 1.18. The van der Waals surface area contributed by atoms with E-state index in [9.17, 15) is 14.4 Å². The van der Waals surface area contributed by atoms with Gasteiger partial charge < -0.3 is 9.53 Å². The van der Waals surface area contributed by atoms with Gasteiger partial charge in [0.15, 0.2) is 0 Å². The van der Waals surface area contributed by atoms with Crippen molar-refractivity contribution in [3.63, 3.8) is 0 Å². The average molecular weight is 405 g/mol. The minimum atomic E-state index is -0.511. The fourth-order valence-electron chi connectivity index (χ4n) is 2.97. The first kappa shape index (κ1) is 21.9. The van der Waals surface area contributed by atoms with Crippen LogP contribution in [0.5, 0.6) is 0 Å². The summed E-state index contributed by atoms with van der Waals surface area (Å²) < 4.78 is 7.77. The molecule has 0 spiro atoms. The predicted octanol–water partition coefficient (Wildman–Crippen LogP) is 2.70. The SMILES string of the molecule is C/C=C(\C=C/CCCl)c1cc(=O)n(CC=O)c(=O)n1CC1=CC[C@H](OC)C=C1. The Morgan fingerprint density at radius 3 is 2.71 bits per heavy atom.